The smallest absolute Gasteiger partial charge is 0.181 e. The lowest BCUT2D eigenvalue weighted by molar-refractivity contribution is 0.156. The normalized spacial score (nSPS) is 12.4. The first-order chi connectivity index (χ1) is 8.56. The summed E-state index contributed by atoms with van der Waals surface area (Å²) >= 11 is 0. The van der Waals surface area contributed by atoms with E-state index in [-0.39, 0.29) is 5.43 Å². The van der Waals surface area contributed by atoms with Crippen LogP contribution < -0.4 is 5.43 Å². The largest absolute Gasteiger partial charge is 0.387 e. The van der Waals surface area contributed by atoms with Gasteiger partial charge in [-0.2, -0.15) is 0 Å². The molecule has 2 rings (SSSR count). The molecule has 1 heterocycles. The lowest BCUT2D eigenvalue weighted by atomic mass is 10.0. The zero-order valence-electron chi connectivity index (χ0n) is 10.6. The van der Waals surface area contributed by atoms with Crippen LogP contribution in [0.2, 0.25) is 0 Å². The van der Waals surface area contributed by atoms with E-state index in [9.17, 15) is 9.90 Å². The number of hydrogen-bond acceptors (Lipinski definition) is 2. The van der Waals surface area contributed by atoms with Gasteiger partial charge in [-0.25, -0.2) is 0 Å². The van der Waals surface area contributed by atoms with Crippen LogP contribution in [0.4, 0.5) is 0 Å². The summed E-state index contributed by atoms with van der Waals surface area (Å²) in [5.74, 6) is 0. The summed E-state index contributed by atoms with van der Waals surface area (Å²) in [6.07, 6.45) is 2.81. The van der Waals surface area contributed by atoms with E-state index in [0.717, 1.165) is 5.56 Å². The maximum Gasteiger partial charge on any atom is 0.181 e. The first-order valence-corrected chi connectivity index (χ1v) is 5.97. The van der Waals surface area contributed by atoms with Crippen molar-refractivity contribution in [2.24, 2.45) is 0 Å². The molecule has 1 N–H and O–H groups in total. The fourth-order valence-electron chi connectivity index (χ4n) is 1.84. The second kappa shape index (κ2) is 5.19. The highest BCUT2D eigenvalue weighted by Crippen LogP contribution is 2.18. The standard InChI is InChI=1S/C15H17NO2/c1-11-3-4-13(9-12(11)2)15(18)10-16-7-5-14(17)6-8-16/h3-9,15,18H,10H2,1-2H3. The monoisotopic (exact) mass is 243 g/mol. The molecule has 2 aromatic rings. The minimum absolute atomic E-state index is 0.0214. The maximum atomic E-state index is 11.0. The fourth-order valence-corrected chi connectivity index (χ4v) is 1.84. The Labute approximate surface area is 106 Å². The Hall–Kier alpha value is -1.87. The molecule has 0 aliphatic rings. The van der Waals surface area contributed by atoms with Crippen LogP contribution >= 0.6 is 0 Å². The lowest BCUT2D eigenvalue weighted by Crippen LogP contribution is -2.10. The van der Waals surface area contributed by atoms with E-state index in [1.54, 1.807) is 17.0 Å². The predicted octanol–water partition coefficient (Wildman–Crippen LogP) is 2.20. The molecule has 94 valence electrons. The van der Waals surface area contributed by atoms with Crippen molar-refractivity contribution in [1.82, 2.24) is 4.57 Å². The van der Waals surface area contributed by atoms with E-state index in [0.29, 0.717) is 6.54 Å². The van der Waals surface area contributed by atoms with E-state index < -0.39 is 6.10 Å². The van der Waals surface area contributed by atoms with Crippen LogP contribution in [0.3, 0.4) is 0 Å². The first-order valence-electron chi connectivity index (χ1n) is 5.97. The third-order valence-corrected chi connectivity index (χ3v) is 3.16. The predicted molar refractivity (Wildman–Crippen MR) is 71.6 cm³/mol. The molecule has 0 bridgehead atoms. The topological polar surface area (TPSA) is 42.2 Å². The molecular weight excluding hydrogens is 226 g/mol. The summed E-state index contributed by atoms with van der Waals surface area (Å²) in [6, 6.07) is 8.94. The third kappa shape index (κ3) is 2.87. The number of rotatable bonds is 3. The minimum Gasteiger partial charge on any atom is -0.387 e. The summed E-state index contributed by atoms with van der Waals surface area (Å²) < 4.78 is 1.81. The lowest BCUT2D eigenvalue weighted by Gasteiger charge is -2.14. The van der Waals surface area contributed by atoms with Crippen LogP contribution in [0.5, 0.6) is 0 Å². The van der Waals surface area contributed by atoms with Crippen molar-refractivity contribution in [3.05, 3.63) is 69.6 Å². The van der Waals surface area contributed by atoms with E-state index in [2.05, 4.69) is 0 Å². The molecular formula is C15H17NO2. The Bertz CT molecular complexity index is 581. The number of benzene rings is 1. The van der Waals surface area contributed by atoms with Gasteiger partial charge < -0.3 is 9.67 Å². The summed E-state index contributed by atoms with van der Waals surface area (Å²) in [5.41, 5.74) is 3.27. The Morgan fingerprint density at radius 1 is 1.11 bits per heavy atom. The van der Waals surface area contributed by atoms with Gasteiger partial charge in [-0.05, 0) is 30.5 Å². The van der Waals surface area contributed by atoms with E-state index >= 15 is 0 Å². The zero-order chi connectivity index (χ0) is 13.1. The average molecular weight is 243 g/mol. The van der Waals surface area contributed by atoms with Crippen molar-refractivity contribution in [2.45, 2.75) is 26.5 Å². The molecule has 1 atom stereocenters. The van der Waals surface area contributed by atoms with Gasteiger partial charge in [0.1, 0.15) is 0 Å². The number of hydrogen-bond donors (Lipinski definition) is 1. The molecule has 3 heteroatoms. The molecule has 1 aromatic carbocycles. The van der Waals surface area contributed by atoms with Crippen molar-refractivity contribution in [2.75, 3.05) is 0 Å². The molecule has 3 nitrogen and oxygen atoms in total. The molecule has 1 unspecified atom stereocenters. The number of aryl methyl sites for hydroxylation is 2. The molecule has 0 saturated carbocycles. The van der Waals surface area contributed by atoms with Gasteiger partial charge in [0.15, 0.2) is 5.43 Å². The molecule has 18 heavy (non-hydrogen) atoms. The summed E-state index contributed by atoms with van der Waals surface area (Å²) in [6.45, 7) is 4.53. The van der Waals surface area contributed by atoms with Gasteiger partial charge in [0, 0.05) is 24.5 Å². The van der Waals surface area contributed by atoms with Gasteiger partial charge in [-0.1, -0.05) is 18.2 Å². The van der Waals surface area contributed by atoms with Gasteiger partial charge in [0.05, 0.1) is 12.6 Å². The number of aromatic nitrogens is 1. The zero-order valence-corrected chi connectivity index (χ0v) is 10.6. The van der Waals surface area contributed by atoms with Crippen LogP contribution in [0.25, 0.3) is 0 Å². The minimum atomic E-state index is -0.563. The van der Waals surface area contributed by atoms with Gasteiger partial charge >= 0.3 is 0 Å². The molecule has 0 saturated heterocycles. The fraction of sp³-hybridized carbons (Fsp3) is 0.267. The Balaban J connectivity index is 2.16. The van der Waals surface area contributed by atoms with Crippen LogP contribution in [-0.2, 0) is 6.54 Å². The van der Waals surface area contributed by atoms with Crippen LogP contribution in [0, 0.1) is 13.8 Å². The van der Waals surface area contributed by atoms with E-state index in [1.807, 2.05) is 32.0 Å². The first kappa shape index (κ1) is 12.6. The van der Waals surface area contributed by atoms with E-state index in [4.69, 9.17) is 0 Å². The van der Waals surface area contributed by atoms with Gasteiger partial charge in [-0.15, -0.1) is 0 Å². The summed E-state index contributed by atoms with van der Waals surface area (Å²) in [5, 5.41) is 10.2. The third-order valence-electron chi connectivity index (χ3n) is 3.16. The van der Waals surface area contributed by atoms with Crippen LogP contribution in [0.15, 0.2) is 47.5 Å². The van der Waals surface area contributed by atoms with Crippen LogP contribution in [0.1, 0.15) is 22.8 Å². The Kier molecular flexibility index (Phi) is 3.63. The molecule has 1 aromatic heterocycles. The number of aliphatic hydroxyl groups is 1. The van der Waals surface area contributed by atoms with Gasteiger partial charge in [0.25, 0.3) is 0 Å². The van der Waals surface area contributed by atoms with Crippen molar-refractivity contribution in [3.63, 3.8) is 0 Å². The highest BCUT2D eigenvalue weighted by atomic mass is 16.3. The molecule has 0 amide bonds. The quantitative estimate of drug-likeness (QED) is 0.898. The van der Waals surface area contributed by atoms with Gasteiger partial charge in [0.2, 0.25) is 0 Å². The Morgan fingerprint density at radius 2 is 1.78 bits per heavy atom. The average Bonchev–Trinajstić information content (AvgIpc) is 2.35. The SMILES string of the molecule is Cc1ccc(C(O)Cn2ccc(=O)cc2)cc1C. The van der Waals surface area contributed by atoms with Crippen molar-refractivity contribution < 1.29 is 5.11 Å². The highest BCUT2D eigenvalue weighted by molar-refractivity contribution is 5.31. The second-order valence-electron chi connectivity index (χ2n) is 4.59. The highest BCUT2D eigenvalue weighted by Gasteiger charge is 2.08. The molecule has 0 fully saturated rings. The number of pyridine rings is 1. The van der Waals surface area contributed by atoms with Crippen molar-refractivity contribution >= 4 is 0 Å². The Morgan fingerprint density at radius 3 is 2.39 bits per heavy atom. The molecule has 0 aliphatic carbocycles. The maximum absolute atomic E-state index is 11.0. The number of aliphatic hydroxyl groups excluding tert-OH is 1. The van der Waals surface area contributed by atoms with Gasteiger partial charge in [-0.3, -0.25) is 4.79 Å². The number of nitrogens with zero attached hydrogens (tertiary/aromatic N) is 1. The molecule has 0 radical (unpaired) electrons. The molecule has 0 spiro atoms. The van der Waals surface area contributed by atoms with Crippen LogP contribution in [-0.4, -0.2) is 9.67 Å². The van der Waals surface area contributed by atoms with Crippen molar-refractivity contribution in [1.29, 1.82) is 0 Å². The summed E-state index contributed by atoms with van der Waals surface area (Å²) in [7, 11) is 0. The van der Waals surface area contributed by atoms with E-state index in [1.165, 1.54) is 23.3 Å². The molecule has 0 aliphatic heterocycles. The second-order valence-corrected chi connectivity index (χ2v) is 4.59. The van der Waals surface area contributed by atoms with Crippen molar-refractivity contribution in [3.8, 4) is 0 Å². The summed E-state index contributed by atoms with van der Waals surface area (Å²) in [4.78, 5) is 11.0.